The average Bonchev–Trinajstić information content (AvgIpc) is 3.25. The van der Waals surface area contributed by atoms with Gasteiger partial charge in [0.1, 0.15) is 29.0 Å². The van der Waals surface area contributed by atoms with Crippen LogP contribution in [0.25, 0.3) is 6.08 Å². The van der Waals surface area contributed by atoms with Crippen LogP contribution in [0.3, 0.4) is 0 Å². The third-order valence-corrected chi connectivity index (χ3v) is 7.65. The van der Waals surface area contributed by atoms with Gasteiger partial charge in [-0.3, -0.25) is 4.79 Å². The van der Waals surface area contributed by atoms with Crippen LogP contribution < -0.4 is 10.1 Å². The quantitative estimate of drug-likeness (QED) is 0.180. The van der Waals surface area contributed by atoms with Crippen molar-refractivity contribution in [3.8, 4) is 11.8 Å². The zero-order valence-corrected chi connectivity index (χ0v) is 22.4. The van der Waals surface area contributed by atoms with Crippen LogP contribution in [0.4, 0.5) is 5.00 Å². The molecule has 6 nitrogen and oxygen atoms in total. The molecular weight excluding hydrogens is 531 g/mol. The Kier molecular flexibility index (Phi) is 8.88. The van der Waals surface area contributed by atoms with Gasteiger partial charge in [0.2, 0.25) is 0 Å². The van der Waals surface area contributed by atoms with E-state index >= 15 is 0 Å². The zero-order valence-electron chi connectivity index (χ0n) is 20.1. The summed E-state index contributed by atoms with van der Waals surface area (Å²) in [5, 5.41) is 14.0. The molecule has 1 amide bonds. The Hall–Kier alpha value is -3.31. The highest BCUT2D eigenvalue weighted by Gasteiger charge is 2.28. The summed E-state index contributed by atoms with van der Waals surface area (Å²) < 4.78 is 11.2. The number of hydrogen-bond donors (Lipinski definition) is 1. The van der Waals surface area contributed by atoms with Crippen molar-refractivity contribution in [1.29, 1.82) is 5.26 Å². The largest absolute Gasteiger partial charge is 0.488 e. The Morgan fingerprint density at radius 2 is 1.95 bits per heavy atom. The minimum Gasteiger partial charge on any atom is -0.488 e. The second-order valence-electron chi connectivity index (χ2n) is 8.32. The molecule has 3 aromatic rings. The molecular formula is C28H24Cl2N2O4S. The van der Waals surface area contributed by atoms with Gasteiger partial charge in [0.25, 0.3) is 5.91 Å². The number of carbonyl (C=O) groups excluding carboxylic acids is 2. The molecule has 0 saturated carbocycles. The monoisotopic (exact) mass is 554 g/mol. The number of amides is 1. The first-order valence-electron chi connectivity index (χ1n) is 11.8. The lowest BCUT2D eigenvalue weighted by Crippen LogP contribution is -2.16. The highest BCUT2D eigenvalue weighted by atomic mass is 35.5. The fourth-order valence-electron chi connectivity index (χ4n) is 4.07. The second kappa shape index (κ2) is 12.3. The number of fused-ring (bicyclic) bond motifs is 1. The average molecular weight is 555 g/mol. The normalized spacial score (nSPS) is 12.9. The van der Waals surface area contributed by atoms with Gasteiger partial charge in [0.05, 0.1) is 12.2 Å². The lowest BCUT2D eigenvalue weighted by molar-refractivity contribution is -0.112. The molecule has 190 valence electrons. The van der Waals surface area contributed by atoms with Gasteiger partial charge in [-0.05, 0) is 62.4 Å². The van der Waals surface area contributed by atoms with Crippen LogP contribution in [-0.4, -0.2) is 18.5 Å². The van der Waals surface area contributed by atoms with Crippen molar-refractivity contribution < 1.29 is 19.1 Å². The summed E-state index contributed by atoms with van der Waals surface area (Å²) in [5.41, 5.74) is 2.51. The summed E-state index contributed by atoms with van der Waals surface area (Å²) in [6.45, 7) is 2.16. The van der Waals surface area contributed by atoms with Crippen molar-refractivity contribution in [3.05, 3.63) is 85.2 Å². The third kappa shape index (κ3) is 6.34. The number of nitrogens with zero attached hydrogens (tertiary/aromatic N) is 1. The smallest absolute Gasteiger partial charge is 0.341 e. The Balaban J connectivity index is 1.57. The molecule has 1 aliphatic carbocycles. The van der Waals surface area contributed by atoms with Gasteiger partial charge in [0.15, 0.2) is 0 Å². The maximum atomic E-state index is 13.1. The number of para-hydroxylation sites is 1. The highest BCUT2D eigenvalue weighted by molar-refractivity contribution is 7.17. The minimum absolute atomic E-state index is 0.123. The van der Waals surface area contributed by atoms with Crippen molar-refractivity contribution in [3.63, 3.8) is 0 Å². The molecule has 1 aliphatic rings. The van der Waals surface area contributed by atoms with Crippen molar-refractivity contribution >= 4 is 57.5 Å². The number of thiophene rings is 1. The van der Waals surface area contributed by atoms with Crippen LogP contribution in [0, 0.1) is 11.3 Å². The molecule has 4 rings (SSSR count). The van der Waals surface area contributed by atoms with Crippen molar-refractivity contribution in [2.45, 2.75) is 39.2 Å². The summed E-state index contributed by atoms with van der Waals surface area (Å²) in [6, 6.07) is 14.2. The molecule has 37 heavy (non-hydrogen) atoms. The molecule has 0 bridgehead atoms. The van der Waals surface area contributed by atoms with Crippen LogP contribution in [0.15, 0.2) is 48.0 Å². The predicted octanol–water partition coefficient (Wildman–Crippen LogP) is 7.24. The van der Waals surface area contributed by atoms with E-state index in [1.165, 1.54) is 17.4 Å². The molecule has 9 heteroatoms. The van der Waals surface area contributed by atoms with E-state index in [9.17, 15) is 14.9 Å². The lowest BCUT2D eigenvalue weighted by atomic mass is 9.95. The van der Waals surface area contributed by atoms with Crippen LogP contribution >= 0.6 is 34.5 Å². The number of nitriles is 1. The zero-order chi connectivity index (χ0) is 26.4. The van der Waals surface area contributed by atoms with Crippen LogP contribution in [0.1, 0.15) is 51.7 Å². The van der Waals surface area contributed by atoms with Gasteiger partial charge in [-0.2, -0.15) is 5.26 Å². The number of esters is 1. The van der Waals surface area contributed by atoms with E-state index in [0.29, 0.717) is 31.9 Å². The third-order valence-electron chi connectivity index (χ3n) is 5.86. The van der Waals surface area contributed by atoms with E-state index in [0.717, 1.165) is 41.7 Å². The maximum absolute atomic E-state index is 13.1. The second-order valence-corrected chi connectivity index (χ2v) is 10.3. The summed E-state index contributed by atoms with van der Waals surface area (Å²) >= 11 is 13.6. The number of ether oxygens (including phenoxy) is 2. The van der Waals surface area contributed by atoms with Crippen LogP contribution in [0.5, 0.6) is 5.75 Å². The number of hydrogen-bond acceptors (Lipinski definition) is 6. The van der Waals surface area contributed by atoms with E-state index in [2.05, 4.69) is 5.32 Å². The molecule has 0 fully saturated rings. The van der Waals surface area contributed by atoms with E-state index < -0.39 is 11.9 Å². The number of anilines is 1. The van der Waals surface area contributed by atoms with E-state index in [1.54, 1.807) is 49.4 Å². The topological polar surface area (TPSA) is 88.4 Å². The standard InChI is InChI=1S/C28H24Cl2N2O4S/c1-2-35-28(34)25-21-8-4-6-10-24(21)37-27(25)32-26(33)19(15-31)13-17-7-3-5-9-23(17)36-16-18-11-12-20(29)14-22(18)30/h3,5,7,9,11-14H,2,4,6,8,10,16H2,1H3,(H,32,33)/b19-13+. The fraction of sp³-hybridized carbons (Fsp3) is 0.250. The number of halogens is 2. The van der Waals surface area contributed by atoms with Gasteiger partial charge in [-0.25, -0.2) is 4.79 Å². The predicted molar refractivity (Wildman–Crippen MR) is 146 cm³/mol. The molecule has 0 spiro atoms. The van der Waals surface area contributed by atoms with Crippen LogP contribution in [0.2, 0.25) is 10.0 Å². The SMILES string of the molecule is CCOC(=O)c1c(NC(=O)/C(C#N)=C/c2ccccc2OCc2ccc(Cl)cc2Cl)sc2c1CCCC2. The summed E-state index contributed by atoms with van der Waals surface area (Å²) in [7, 11) is 0. The molecule has 0 aliphatic heterocycles. The van der Waals surface area contributed by atoms with Gasteiger partial charge in [-0.15, -0.1) is 11.3 Å². The Morgan fingerprint density at radius 1 is 1.16 bits per heavy atom. The van der Waals surface area contributed by atoms with Crippen molar-refractivity contribution in [1.82, 2.24) is 0 Å². The Morgan fingerprint density at radius 3 is 2.70 bits per heavy atom. The van der Waals surface area contributed by atoms with E-state index in [-0.39, 0.29) is 18.8 Å². The van der Waals surface area contributed by atoms with Crippen LogP contribution in [-0.2, 0) is 29.0 Å². The Labute approximate surface area is 229 Å². The highest BCUT2D eigenvalue weighted by Crippen LogP contribution is 2.39. The Bertz CT molecular complexity index is 1410. The summed E-state index contributed by atoms with van der Waals surface area (Å²) in [4.78, 5) is 26.9. The molecule has 1 heterocycles. The van der Waals surface area contributed by atoms with Gasteiger partial charge in [-0.1, -0.05) is 47.5 Å². The molecule has 0 atom stereocenters. The van der Waals surface area contributed by atoms with E-state index in [4.69, 9.17) is 32.7 Å². The molecule has 1 N–H and O–H groups in total. The number of carbonyl (C=O) groups is 2. The molecule has 0 unspecified atom stereocenters. The maximum Gasteiger partial charge on any atom is 0.341 e. The van der Waals surface area contributed by atoms with E-state index in [1.807, 2.05) is 6.07 Å². The number of rotatable bonds is 8. The first-order valence-corrected chi connectivity index (χ1v) is 13.4. The minimum atomic E-state index is -0.609. The number of benzene rings is 2. The number of aryl methyl sites for hydroxylation is 1. The summed E-state index contributed by atoms with van der Waals surface area (Å²) in [5.74, 6) is -0.589. The first-order chi connectivity index (χ1) is 17.9. The fourth-order valence-corrected chi connectivity index (χ4v) is 5.81. The van der Waals surface area contributed by atoms with Gasteiger partial charge < -0.3 is 14.8 Å². The lowest BCUT2D eigenvalue weighted by Gasteiger charge is -2.12. The van der Waals surface area contributed by atoms with Gasteiger partial charge in [0, 0.05) is 26.0 Å². The van der Waals surface area contributed by atoms with Crippen molar-refractivity contribution in [2.75, 3.05) is 11.9 Å². The number of nitrogens with one attached hydrogen (secondary N) is 1. The van der Waals surface area contributed by atoms with Gasteiger partial charge >= 0.3 is 5.97 Å². The molecule has 2 aromatic carbocycles. The van der Waals surface area contributed by atoms with Crippen molar-refractivity contribution in [2.24, 2.45) is 0 Å². The molecule has 0 radical (unpaired) electrons. The summed E-state index contributed by atoms with van der Waals surface area (Å²) in [6.07, 6.45) is 5.09. The first kappa shape index (κ1) is 26.7. The molecule has 0 saturated heterocycles. The molecule has 1 aromatic heterocycles.